The zero-order valence-electron chi connectivity index (χ0n) is 16.8. The van der Waals surface area contributed by atoms with Crippen molar-refractivity contribution in [2.24, 2.45) is 10.3 Å². The van der Waals surface area contributed by atoms with Crippen LogP contribution < -0.4 is 10.5 Å². The van der Waals surface area contributed by atoms with Gasteiger partial charge in [0.25, 0.3) is 5.91 Å². The zero-order valence-corrected chi connectivity index (χ0v) is 19.2. The molecule has 0 spiro atoms. The molecule has 2 aromatic rings. The van der Waals surface area contributed by atoms with Crippen LogP contribution in [0.15, 0.2) is 63.1 Å². The first kappa shape index (κ1) is 23.4. The Morgan fingerprint density at radius 2 is 1.97 bits per heavy atom. The molecule has 0 saturated carbocycles. The molecule has 1 aliphatic heterocycles. The number of sulfonamides is 1. The van der Waals surface area contributed by atoms with E-state index in [1.54, 1.807) is 12.1 Å². The molecule has 31 heavy (non-hydrogen) atoms. The van der Waals surface area contributed by atoms with Gasteiger partial charge in [0.2, 0.25) is 16.3 Å². The molecule has 3 N–H and O–H groups in total. The Labute approximate surface area is 190 Å². The van der Waals surface area contributed by atoms with Gasteiger partial charge in [0.1, 0.15) is 5.71 Å². The molecule has 1 unspecified atom stereocenters. The van der Waals surface area contributed by atoms with Crippen LogP contribution in [-0.2, 0) is 37.4 Å². The maximum atomic E-state index is 12.8. The number of hydrogen-bond donors (Lipinski definition) is 2. The van der Waals surface area contributed by atoms with Crippen molar-refractivity contribution < 1.29 is 22.8 Å². The topological polar surface area (TPSA) is 120 Å². The smallest absolute Gasteiger partial charge is 0.269 e. The number of oxime groups is 1. The molecule has 1 heterocycles. The molecule has 0 bridgehead atoms. The lowest BCUT2D eigenvalue weighted by Gasteiger charge is -2.20. The molecule has 0 radical (unpaired) electrons. The number of carbonyl (C=O) groups is 1. The van der Waals surface area contributed by atoms with E-state index in [0.29, 0.717) is 6.61 Å². The highest BCUT2D eigenvalue weighted by molar-refractivity contribution is 9.10. The summed E-state index contributed by atoms with van der Waals surface area (Å²) in [5.41, 5.74) is 1.83. The quantitative estimate of drug-likeness (QED) is 0.418. The lowest BCUT2D eigenvalue weighted by Crippen LogP contribution is -2.33. The monoisotopic (exact) mass is 509 g/mol. The van der Waals surface area contributed by atoms with E-state index in [9.17, 15) is 13.2 Å². The number of amides is 1. The van der Waals surface area contributed by atoms with Gasteiger partial charge in [0.15, 0.2) is 0 Å². The lowest BCUT2D eigenvalue weighted by molar-refractivity contribution is -0.162. The summed E-state index contributed by atoms with van der Waals surface area (Å²) in [5.74, 6) is -0.383. The van der Waals surface area contributed by atoms with Gasteiger partial charge in [-0.2, -0.15) is 0 Å². The second-order valence-corrected chi connectivity index (χ2v) is 9.59. The normalized spacial score (nSPS) is 17.2. The van der Waals surface area contributed by atoms with Crippen LogP contribution in [0, 0.1) is 0 Å². The van der Waals surface area contributed by atoms with Crippen molar-refractivity contribution in [3.63, 3.8) is 0 Å². The third-order valence-corrected chi connectivity index (χ3v) is 6.07. The van der Waals surface area contributed by atoms with Crippen molar-refractivity contribution in [1.82, 2.24) is 5.32 Å². The highest BCUT2D eigenvalue weighted by Gasteiger charge is 2.18. The fourth-order valence-electron chi connectivity index (χ4n) is 2.99. The highest BCUT2D eigenvalue weighted by Crippen LogP contribution is 2.16. The van der Waals surface area contributed by atoms with Crippen LogP contribution in [0.4, 0.5) is 0 Å². The third kappa shape index (κ3) is 7.42. The molecule has 1 fully saturated rings. The summed E-state index contributed by atoms with van der Waals surface area (Å²) in [7, 11) is -3.76. The number of halogens is 1. The molecule has 0 aromatic heterocycles. The van der Waals surface area contributed by atoms with Gasteiger partial charge >= 0.3 is 0 Å². The summed E-state index contributed by atoms with van der Waals surface area (Å²) >= 11 is 3.43. The molecule has 1 saturated heterocycles. The summed E-state index contributed by atoms with van der Waals surface area (Å²) in [5, 5.41) is 12.0. The molecule has 166 valence electrons. The van der Waals surface area contributed by atoms with Gasteiger partial charge in [-0.3, -0.25) is 4.79 Å². The minimum atomic E-state index is -3.76. The first-order chi connectivity index (χ1) is 14.8. The standard InChI is InChI=1S/C21H24BrN3O5S/c22-17-5-3-4-16(12-17)13-19(25-30-20-6-1-2-11-29-20)21(26)24-14-15-7-9-18(10-8-15)31(23,27)28/h3-5,7-10,12,20H,1-2,6,11,13-14H2,(H,24,26)(H2,23,27,28)/b25-19+. The van der Waals surface area contributed by atoms with E-state index in [4.69, 9.17) is 14.7 Å². The number of nitrogens with zero attached hydrogens (tertiary/aromatic N) is 1. The van der Waals surface area contributed by atoms with E-state index in [1.807, 2.05) is 24.3 Å². The van der Waals surface area contributed by atoms with Gasteiger partial charge in [-0.15, -0.1) is 0 Å². The third-order valence-electron chi connectivity index (χ3n) is 4.65. The summed E-state index contributed by atoms with van der Waals surface area (Å²) < 4.78 is 29.1. The van der Waals surface area contributed by atoms with Crippen LogP contribution in [-0.4, -0.2) is 32.9 Å². The van der Waals surface area contributed by atoms with E-state index >= 15 is 0 Å². The second kappa shape index (κ2) is 10.9. The van der Waals surface area contributed by atoms with Gasteiger partial charge in [-0.1, -0.05) is 45.4 Å². The zero-order chi connectivity index (χ0) is 22.3. The number of hydrogen-bond acceptors (Lipinski definition) is 6. The van der Waals surface area contributed by atoms with Crippen molar-refractivity contribution in [1.29, 1.82) is 0 Å². The van der Waals surface area contributed by atoms with Gasteiger partial charge in [-0.25, -0.2) is 13.6 Å². The average Bonchev–Trinajstić information content (AvgIpc) is 2.75. The van der Waals surface area contributed by atoms with Crippen molar-refractivity contribution in [2.75, 3.05) is 6.61 Å². The molecule has 0 aliphatic carbocycles. The average molecular weight is 510 g/mol. The Morgan fingerprint density at radius 1 is 1.19 bits per heavy atom. The number of primary sulfonamides is 1. The van der Waals surface area contributed by atoms with Crippen LogP contribution in [0.5, 0.6) is 0 Å². The molecular formula is C21H24BrN3O5S. The lowest BCUT2D eigenvalue weighted by atomic mass is 10.1. The maximum absolute atomic E-state index is 12.8. The van der Waals surface area contributed by atoms with Gasteiger partial charge in [0, 0.05) is 23.9 Å². The Hall–Kier alpha value is -2.27. The molecule has 1 atom stereocenters. The summed E-state index contributed by atoms with van der Waals surface area (Å²) in [6.45, 7) is 0.809. The fraction of sp³-hybridized carbons (Fsp3) is 0.333. The summed E-state index contributed by atoms with van der Waals surface area (Å²) in [6, 6.07) is 13.6. The Bertz CT molecular complexity index is 1040. The Morgan fingerprint density at radius 3 is 2.61 bits per heavy atom. The van der Waals surface area contributed by atoms with Crippen LogP contribution in [0.25, 0.3) is 0 Å². The van der Waals surface area contributed by atoms with Crippen LogP contribution in [0.2, 0.25) is 0 Å². The minimum absolute atomic E-state index is 0.0142. The van der Waals surface area contributed by atoms with Crippen LogP contribution in [0.1, 0.15) is 30.4 Å². The number of rotatable bonds is 8. The van der Waals surface area contributed by atoms with Gasteiger partial charge in [-0.05, 0) is 48.2 Å². The first-order valence-corrected chi connectivity index (χ1v) is 12.1. The summed E-state index contributed by atoms with van der Waals surface area (Å²) in [4.78, 5) is 18.3. The molecule has 2 aromatic carbocycles. The van der Waals surface area contributed by atoms with E-state index in [1.165, 1.54) is 12.1 Å². The number of carbonyl (C=O) groups excluding carboxylic acids is 1. The first-order valence-electron chi connectivity index (χ1n) is 9.80. The SMILES string of the molecule is NS(=O)(=O)c1ccc(CNC(=O)/C(Cc2cccc(Br)c2)=N/OC2CCCCO2)cc1. The molecule has 1 amide bonds. The van der Waals surface area contributed by atoms with Crippen molar-refractivity contribution in [3.05, 3.63) is 64.1 Å². The van der Waals surface area contributed by atoms with E-state index in [0.717, 1.165) is 34.9 Å². The van der Waals surface area contributed by atoms with Crippen LogP contribution in [0.3, 0.4) is 0 Å². The number of ether oxygens (including phenoxy) is 1. The summed E-state index contributed by atoms with van der Waals surface area (Å²) in [6.07, 6.45) is 2.53. The molecule has 1 aliphatic rings. The fourth-order valence-corrected chi connectivity index (χ4v) is 3.95. The van der Waals surface area contributed by atoms with E-state index in [2.05, 4.69) is 26.4 Å². The maximum Gasteiger partial charge on any atom is 0.269 e. The van der Waals surface area contributed by atoms with Crippen molar-refractivity contribution >= 4 is 37.6 Å². The number of benzene rings is 2. The largest absolute Gasteiger partial charge is 0.363 e. The van der Waals surface area contributed by atoms with Crippen LogP contribution >= 0.6 is 15.9 Å². The van der Waals surface area contributed by atoms with Crippen molar-refractivity contribution in [3.8, 4) is 0 Å². The predicted octanol–water partition coefficient (Wildman–Crippen LogP) is 2.85. The van der Waals surface area contributed by atoms with Gasteiger partial charge < -0.3 is 14.9 Å². The van der Waals surface area contributed by atoms with E-state index in [-0.39, 0.29) is 29.5 Å². The number of nitrogens with two attached hydrogens (primary N) is 1. The van der Waals surface area contributed by atoms with Gasteiger partial charge in [0.05, 0.1) is 11.5 Å². The highest BCUT2D eigenvalue weighted by atomic mass is 79.9. The predicted molar refractivity (Wildman–Crippen MR) is 120 cm³/mol. The Balaban J connectivity index is 1.68. The molecule has 10 heteroatoms. The second-order valence-electron chi connectivity index (χ2n) is 7.12. The van der Waals surface area contributed by atoms with E-state index < -0.39 is 16.3 Å². The minimum Gasteiger partial charge on any atom is -0.363 e. The van der Waals surface area contributed by atoms with Crippen molar-refractivity contribution in [2.45, 2.75) is 43.4 Å². The number of nitrogens with one attached hydrogen (secondary N) is 1. The molecule has 8 nitrogen and oxygen atoms in total. The molecular weight excluding hydrogens is 486 g/mol. The molecule has 3 rings (SSSR count). The Kier molecular flexibility index (Phi) is 8.19.